The van der Waals surface area contributed by atoms with Gasteiger partial charge in [-0.15, -0.1) is 22.7 Å². The van der Waals surface area contributed by atoms with Crippen LogP contribution in [0.1, 0.15) is 21.6 Å². The predicted octanol–water partition coefficient (Wildman–Crippen LogP) is 1.83. The maximum absolute atomic E-state index is 11.8. The van der Waals surface area contributed by atoms with E-state index in [4.69, 9.17) is 5.73 Å². The van der Waals surface area contributed by atoms with Gasteiger partial charge in [0.25, 0.3) is 0 Å². The number of carbonyl (C=O) groups excluding carboxylic acids is 1. The van der Waals surface area contributed by atoms with E-state index in [0.717, 1.165) is 15.6 Å². The Labute approximate surface area is 107 Å². The van der Waals surface area contributed by atoms with Crippen molar-refractivity contribution >= 4 is 28.6 Å². The van der Waals surface area contributed by atoms with E-state index in [0.29, 0.717) is 6.54 Å². The number of aryl methyl sites for hydroxylation is 1. The van der Waals surface area contributed by atoms with Crippen molar-refractivity contribution in [1.82, 2.24) is 10.3 Å². The number of nitrogens with one attached hydrogen (secondary N) is 1. The molecule has 17 heavy (non-hydrogen) atoms. The van der Waals surface area contributed by atoms with Gasteiger partial charge >= 0.3 is 0 Å². The van der Waals surface area contributed by atoms with Crippen molar-refractivity contribution in [2.45, 2.75) is 19.5 Å². The van der Waals surface area contributed by atoms with Crippen LogP contribution in [0.2, 0.25) is 0 Å². The summed E-state index contributed by atoms with van der Waals surface area (Å²) < 4.78 is 0. The minimum atomic E-state index is -0.587. The number of carbonyl (C=O) groups is 1. The Kier molecular flexibility index (Phi) is 3.88. The standard InChI is InChI=1S/C11H13N3OS2/c1-7-6-17-9(14-7)5-13-11(15)10(12)8-3-2-4-16-8/h2-4,6,10H,5,12H2,1H3,(H,13,15). The van der Waals surface area contributed by atoms with Crippen LogP contribution in [0.25, 0.3) is 0 Å². The second kappa shape index (κ2) is 5.39. The van der Waals surface area contributed by atoms with Crippen LogP contribution in [0.4, 0.5) is 0 Å². The summed E-state index contributed by atoms with van der Waals surface area (Å²) in [6, 6.07) is 3.16. The number of thiazole rings is 1. The van der Waals surface area contributed by atoms with Crippen molar-refractivity contribution in [1.29, 1.82) is 0 Å². The zero-order chi connectivity index (χ0) is 12.3. The lowest BCUT2D eigenvalue weighted by Gasteiger charge is -2.09. The molecular weight excluding hydrogens is 254 g/mol. The second-order valence-corrected chi connectivity index (χ2v) is 5.52. The van der Waals surface area contributed by atoms with Crippen molar-refractivity contribution in [3.05, 3.63) is 38.5 Å². The molecule has 2 aromatic rings. The number of aromatic nitrogens is 1. The molecule has 3 N–H and O–H groups in total. The maximum Gasteiger partial charge on any atom is 0.242 e. The molecule has 4 nitrogen and oxygen atoms in total. The number of amides is 1. The Balaban J connectivity index is 1.89. The van der Waals surface area contributed by atoms with Crippen LogP contribution in [0.5, 0.6) is 0 Å². The minimum Gasteiger partial charge on any atom is -0.348 e. The van der Waals surface area contributed by atoms with E-state index < -0.39 is 6.04 Å². The van der Waals surface area contributed by atoms with Crippen LogP contribution in [0.15, 0.2) is 22.9 Å². The molecule has 0 radical (unpaired) electrons. The average Bonchev–Trinajstić information content (AvgIpc) is 2.95. The molecule has 0 saturated carbocycles. The maximum atomic E-state index is 11.8. The highest BCUT2D eigenvalue weighted by Gasteiger charge is 2.16. The summed E-state index contributed by atoms with van der Waals surface area (Å²) in [5.41, 5.74) is 6.81. The number of rotatable bonds is 4. The van der Waals surface area contributed by atoms with E-state index in [-0.39, 0.29) is 5.91 Å². The summed E-state index contributed by atoms with van der Waals surface area (Å²) in [7, 11) is 0. The topological polar surface area (TPSA) is 68.0 Å². The van der Waals surface area contributed by atoms with E-state index in [9.17, 15) is 4.79 Å². The van der Waals surface area contributed by atoms with E-state index in [1.54, 1.807) is 0 Å². The summed E-state index contributed by atoms with van der Waals surface area (Å²) in [5, 5.41) is 7.56. The Bertz CT molecular complexity index is 493. The molecule has 1 atom stereocenters. The van der Waals surface area contributed by atoms with Crippen LogP contribution in [0.3, 0.4) is 0 Å². The molecule has 0 aliphatic rings. The molecule has 0 saturated heterocycles. The van der Waals surface area contributed by atoms with Gasteiger partial charge in [-0.05, 0) is 18.4 Å². The fraction of sp³-hybridized carbons (Fsp3) is 0.273. The van der Waals surface area contributed by atoms with Gasteiger partial charge in [0, 0.05) is 16.0 Å². The Morgan fingerprint density at radius 1 is 1.59 bits per heavy atom. The van der Waals surface area contributed by atoms with E-state index >= 15 is 0 Å². The first-order chi connectivity index (χ1) is 8.16. The lowest BCUT2D eigenvalue weighted by Crippen LogP contribution is -2.33. The third-order valence-electron chi connectivity index (χ3n) is 2.21. The molecule has 1 amide bonds. The SMILES string of the molecule is Cc1csc(CNC(=O)C(N)c2cccs2)n1. The molecular formula is C11H13N3OS2. The predicted molar refractivity (Wildman–Crippen MR) is 69.9 cm³/mol. The minimum absolute atomic E-state index is 0.166. The van der Waals surface area contributed by atoms with Crippen molar-refractivity contribution in [3.8, 4) is 0 Å². The van der Waals surface area contributed by atoms with Crippen molar-refractivity contribution in [3.63, 3.8) is 0 Å². The largest absolute Gasteiger partial charge is 0.348 e. The van der Waals surface area contributed by atoms with Crippen LogP contribution < -0.4 is 11.1 Å². The van der Waals surface area contributed by atoms with Gasteiger partial charge in [0.1, 0.15) is 11.0 Å². The fourth-order valence-electron chi connectivity index (χ4n) is 1.35. The number of hydrogen-bond acceptors (Lipinski definition) is 5. The van der Waals surface area contributed by atoms with Gasteiger partial charge in [0.2, 0.25) is 5.91 Å². The molecule has 0 aromatic carbocycles. The zero-order valence-electron chi connectivity index (χ0n) is 9.34. The molecule has 0 aliphatic carbocycles. The molecule has 0 fully saturated rings. The fourth-order valence-corrected chi connectivity index (χ4v) is 2.79. The summed E-state index contributed by atoms with van der Waals surface area (Å²) >= 11 is 3.02. The van der Waals surface area contributed by atoms with Crippen molar-refractivity contribution < 1.29 is 4.79 Å². The average molecular weight is 267 g/mol. The first kappa shape index (κ1) is 12.2. The molecule has 2 rings (SSSR count). The quantitative estimate of drug-likeness (QED) is 0.888. The third-order valence-corrected chi connectivity index (χ3v) is 4.13. The molecule has 6 heteroatoms. The number of thiophene rings is 1. The first-order valence-corrected chi connectivity index (χ1v) is 6.90. The van der Waals surface area contributed by atoms with E-state index in [1.807, 2.05) is 29.8 Å². The smallest absolute Gasteiger partial charge is 0.242 e. The van der Waals surface area contributed by atoms with E-state index in [1.165, 1.54) is 22.7 Å². The van der Waals surface area contributed by atoms with Crippen LogP contribution >= 0.6 is 22.7 Å². The molecule has 0 spiro atoms. The lowest BCUT2D eigenvalue weighted by molar-refractivity contribution is -0.122. The van der Waals surface area contributed by atoms with Gasteiger partial charge in [0.15, 0.2) is 0 Å². The Morgan fingerprint density at radius 2 is 2.41 bits per heavy atom. The summed E-state index contributed by atoms with van der Waals surface area (Å²) in [5.74, 6) is -0.166. The molecule has 0 bridgehead atoms. The zero-order valence-corrected chi connectivity index (χ0v) is 11.0. The van der Waals surface area contributed by atoms with E-state index in [2.05, 4.69) is 10.3 Å². The van der Waals surface area contributed by atoms with Crippen molar-refractivity contribution in [2.24, 2.45) is 5.73 Å². The van der Waals surface area contributed by atoms with Gasteiger partial charge < -0.3 is 11.1 Å². The normalized spacial score (nSPS) is 12.4. The third kappa shape index (κ3) is 3.12. The highest BCUT2D eigenvalue weighted by atomic mass is 32.1. The molecule has 1 unspecified atom stereocenters. The van der Waals surface area contributed by atoms with Crippen LogP contribution in [0, 0.1) is 6.92 Å². The van der Waals surface area contributed by atoms with Gasteiger partial charge in [0.05, 0.1) is 6.54 Å². The number of nitrogens with two attached hydrogens (primary N) is 1. The molecule has 2 heterocycles. The Hall–Kier alpha value is -1.24. The highest BCUT2D eigenvalue weighted by Crippen LogP contribution is 2.17. The van der Waals surface area contributed by atoms with Gasteiger partial charge in [-0.1, -0.05) is 6.07 Å². The number of hydrogen-bond donors (Lipinski definition) is 2. The van der Waals surface area contributed by atoms with Crippen LogP contribution in [-0.2, 0) is 11.3 Å². The monoisotopic (exact) mass is 267 g/mol. The van der Waals surface area contributed by atoms with Gasteiger partial charge in [-0.2, -0.15) is 0 Å². The van der Waals surface area contributed by atoms with Gasteiger partial charge in [-0.3, -0.25) is 4.79 Å². The lowest BCUT2D eigenvalue weighted by atomic mass is 10.2. The molecule has 2 aromatic heterocycles. The van der Waals surface area contributed by atoms with Crippen LogP contribution in [-0.4, -0.2) is 10.9 Å². The number of nitrogens with zero attached hydrogens (tertiary/aromatic N) is 1. The summed E-state index contributed by atoms with van der Waals surface area (Å²) in [6.45, 7) is 2.37. The van der Waals surface area contributed by atoms with Gasteiger partial charge in [-0.25, -0.2) is 4.98 Å². The summed E-state index contributed by atoms with van der Waals surface area (Å²) in [6.07, 6.45) is 0. The summed E-state index contributed by atoms with van der Waals surface area (Å²) in [4.78, 5) is 16.9. The Morgan fingerprint density at radius 3 is 3.00 bits per heavy atom. The highest BCUT2D eigenvalue weighted by molar-refractivity contribution is 7.10. The first-order valence-electron chi connectivity index (χ1n) is 5.14. The molecule has 90 valence electrons. The molecule has 0 aliphatic heterocycles. The van der Waals surface area contributed by atoms with Crippen molar-refractivity contribution in [2.75, 3.05) is 0 Å². The second-order valence-electron chi connectivity index (χ2n) is 3.59.